The van der Waals surface area contributed by atoms with Crippen LogP contribution in [-0.4, -0.2) is 29.3 Å². The van der Waals surface area contributed by atoms with Gasteiger partial charge in [-0.2, -0.15) is 0 Å². The molecule has 1 amide bonds. The molecule has 1 aliphatic rings. The van der Waals surface area contributed by atoms with Gasteiger partial charge >= 0.3 is 5.97 Å². The van der Waals surface area contributed by atoms with Crippen molar-refractivity contribution in [1.82, 2.24) is 5.32 Å². The number of thioether (sulfide) groups is 1. The number of benzene rings is 1. The van der Waals surface area contributed by atoms with E-state index in [-0.39, 0.29) is 18.2 Å². The molecule has 1 heterocycles. The molecule has 1 aromatic carbocycles. The van der Waals surface area contributed by atoms with Gasteiger partial charge in [-0.1, -0.05) is 24.6 Å². The second-order valence-corrected chi connectivity index (χ2v) is 5.96. The monoisotopic (exact) mass is 293 g/mol. The number of hydrogen-bond donors (Lipinski definition) is 2. The minimum absolute atomic E-state index is 0.0461. The first kappa shape index (κ1) is 14.9. The summed E-state index contributed by atoms with van der Waals surface area (Å²) in [7, 11) is 0. The smallest absolute Gasteiger partial charge is 0.303 e. The van der Waals surface area contributed by atoms with Crippen molar-refractivity contribution in [3.05, 3.63) is 29.8 Å². The SMILES string of the molecule is O=C(O)CCCCCNC(=O)C1CSc2ccccc21. The number of rotatable bonds is 7. The van der Waals surface area contributed by atoms with E-state index in [0.717, 1.165) is 24.2 Å². The van der Waals surface area contributed by atoms with Crippen LogP contribution in [0.15, 0.2) is 29.2 Å². The molecule has 0 radical (unpaired) electrons. The predicted octanol–water partition coefficient (Wildman–Crippen LogP) is 2.64. The lowest BCUT2D eigenvalue weighted by Crippen LogP contribution is -2.30. The number of carboxylic acid groups (broad SMARTS) is 1. The molecule has 5 heteroatoms. The Morgan fingerprint density at radius 2 is 2.05 bits per heavy atom. The summed E-state index contributed by atoms with van der Waals surface area (Å²) in [6, 6.07) is 8.04. The molecule has 0 fully saturated rings. The van der Waals surface area contributed by atoms with Crippen LogP contribution in [0, 0.1) is 0 Å². The first-order valence-electron chi connectivity index (χ1n) is 6.89. The maximum atomic E-state index is 12.1. The zero-order valence-electron chi connectivity index (χ0n) is 11.3. The van der Waals surface area contributed by atoms with Crippen LogP contribution < -0.4 is 5.32 Å². The van der Waals surface area contributed by atoms with Gasteiger partial charge in [0.25, 0.3) is 0 Å². The molecule has 20 heavy (non-hydrogen) atoms. The zero-order chi connectivity index (χ0) is 14.4. The van der Waals surface area contributed by atoms with Gasteiger partial charge < -0.3 is 10.4 Å². The van der Waals surface area contributed by atoms with Gasteiger partial charge in [0.1, 0.15) is 0 Å². The number of nitrogens with one attached hydrogen (secondary N) is 1. The third-order valence-electron chi connectivity index (χ3n) is 3.38. The Labute approximate surface area is 123 Å². The standard InChI is InChI=1S/C15H19NO3S/c17-14(18)8-2-1-5-9-16-15(19)12-10-20-13-7-4-3-6-11(12)13/h3-4,6-7,12H,1-2,5,8-10H2,(H,16,19)(H,17,18). The summed E-state index contributed by atoms with van der Waals surface area (Å²) < 4.78 is 0. The van der Waals surface area contributed by atoms with E-state index in [2.05, 4.69) is 11.4 Å². The fourth-order valence-corrected chi connectivity index (χ4v) is 3.52. The highest BCUT2D eigenvalue weighted by Crippen LogP contribution is 2.39. The van der Waals surface area contributed by atoms with E-state index >= 15 is 0 Å². The van der Waals surface area contributed by atoms with Gasteiger partial charge in [-0.05, 0) is 24.5 Å². The van der Waals surface area contributed by atoms with E-state index in [1.165, 1.54) is 4.90 Å². The zero-order valence-corrected chi connectivity index (χ0v) is 12.1. The second kappa shape index (κ2) is 7.33. The molecular formula is C15H19NO3S. The average molecular weight is 293 g/mol. The average Bonchev–Trinajstić information content (AvgIpc) is 2.86. The Morgan fingerprint density at radius 1 is 1.25 bits per heavy atom. The Balaban J connectivity index is 1.70. The topological polar surface area (TPSA) is 66.4 Å². The molecule has 0 spiro atoms. The lowest BCUT2D eigenvalue weighted by atomic mass is 10.0. The highest BCUT2D eigenvalue weighted by molar-refractivity contribution is 7.99. The number of hydrogen-bond acceptors (Lipinski definition) is 3. The summed E-state index contributed by atoms with van der Waals surface area (Å²) in [5.41, 5.74) is 1.13. The van der Waals surface area contributed by atoms with E-state index in [9.17, 15) is 9.59 Å². The summed E-state index contributed by atoms with van der Waals surface area (Å²) in [5.74, 6) is 0.0917. The largest absolute Gasteiger partial charge is 0.481 e. The molecule has 0 saturated heterocycles. The van der Waals surface area contributed by atoms with Gasteiger partial charge in [0.2, 0.25) is 5.91 Å². The molecule has 1 unspecified atom stereocenters. The maximum Gasteiger partial charge on any atom is 0.303 e. The number of carbonyl (C=O) groups excluding carboxylic acids is 1. The summed E-state index contributed by atoms with van der Waals surface area (Å²) in [5, 5.41) is 11.5. The molecule has 0 bridgehead atoms. The Bertz CT molecular complexity index is 490. The van der Waals surface area contributed by atoms with Gasteiger partial charge in [-0.25, -0.2) is 0 Å². The number of carboxylic acids is 1. The quantitative estimate of drug-likeness (QED) is 0.758. The summed E-state index contributed by atoms with van der Waals surface area (Å²) in [4.78, 5) is 23.7. The minimum Gasteiger partial charge on any atom is -0.481 e. The van der Waals surface area contributed by atoms with Crippen molar-refractivity contribution < 1.29 is 14.7 Å². The highest BCUT2D eigenvalue weighted by Gasteiger charge is 2.28. The van der Waals surface area contributed by atoms with Crippen LogP contribution in [-0.2, 0) is 9.59 Å². The normalized spacial score (nSPS) is 16.7. The predicted molar refractivity (Wildman–Crippen MR) is 79.0 cm³/mol. The van der Waals surface area contributed by atoms with Crippen molar-refractivity contribution in [2.75, 3.05) is 12.3 Å². The number of aliphatic carboxylic acids is 1. The van der Waals surface area contributed by atoms with Crippen LogP contribution in [0.25, 0.3) is 0 Å². The third kappa shape index (κ3) is 4.00. The molecule has 0 aliphatic carbocycles. The number of unbranched alkanes of at least 4 members (excludes halogenated alkanes) is 2. The van der Waals surface area contributed by atoms with Crippen molar-refractivity contribution in [2.45, 2.75) is 36.5 Å². The Morgan fingerprint density at radius 3 is 2.85 bits per heavy atom. The lowest BCUT2D eigenvalue weighted by molar-refractivity contribution is -0.137. The summed E-state index contributed by atoms with van der Waals surface area (Å²) in [6.07, 6.45) is 2.55. The molecule has 0 aromatic heterocycles. The van der Waals surface area contributed by atoms with Gasteiger partial charge in [0, 0.05) is 23.6 Å². The van der Waals surface area contributed by atoms with Crippen LogP contribution in [0.5, 0.6) is 0 Å². The number of fused-ring (bicyclic) bond motifs is 1. The van der Waals surface area contributed by atoms with Crippen molar-refractivity contribution in [1.29, 1.82) is 0 Å². The van der Waals surface area contributed by atoms with Crippen LogP contribution in [0.3, 0.4) is 0 Å². The summed E-state index contributed by atoms with van der Waals surface area (Å²) in [6.45, 7) is 0.627. The third-order valence-corrected chi connectivity index (χ3v) is 4.57. The van der Waals surface area contributed by atoms with Crippen molar-refractivity contribution in [2.24, 2.45) is 0 Å². The van der Waals surface area contributed by atoms with Gasteiger partial charge in [0.15, 0.2) is 0 Å². The second-order valence-electron chi connectivity index (χ2n) is 4.90. The van der Waals surface area contributed by atoms with Crippen LogP contribution in [0.1, 0.15) is 37.2 Å². The van der Waals surface area contributed by atoms with Crippen LogP contribution in [0.2, 0.25) is 0 Å². The van der Waals surface area contributed by atoms with Gasteiger partial charge in [-0.15, -0.1) is 11.8 Å². The molecule has 108 valence electrons. The molecule has 2 N–H and O–H groups in total. The van der Waals surface area contributed by atoms with Gasteiger partial charge in [-0.3, -0.25) is 9.59 Å². The molecule has 4 nitrogen and oxygen atoms in total. The fraction of sp³-hybridized carbons (Fsp3) is 0.467. The molecule has 1 aromatic rings. The van der Waals surface area contributed by atoms with Crippen molar-refractivity contribution >= 4 is 23.6 Å². The van der Waals surface area contributed by atoms with Crippen LogP contribution >= 0.6 is 11.8 Å². The molecule has 1 atom stereocenters. The molecule has 1 aliphatic heterocycles. The molecule has 0 saturated carbocycles. The van der Waals surface area contributed by atoms with Crippen molar-refractivity contribution in [3.8, 4) is 0 Å². The number of amides is 1. The molecular weight excluding hydrogens is 274 g/mol. The lowest BCUT2D eigenvalue weighted by Gasteiger charge is -2.11. The Kier molecular flexibility index (Phi) is 5.47. The van der Waals surface area contributed by atoms with E-state index < -0.39 is 5.97 Å². The first-order valence-corrected chi connectivity index (χ1v) is 7.88. The highest BCUT2D eigenvalue weighted by atomic mass is 32.2. The minimum atomic E-state index is -0.756. The first-order chi connectivity index (χ1) is 9.68. The fourth-order valence-electron chi connectivity index (χ4n) is 2.29. The van der Waals surface area contributed by atoms with E-state index in [1.54, 1.807) is 11.8 Å². The molecule has 2 rings (SSSR count). The van der Waals surface area contributed by atoms with E-state index in [0.29, 0.717) is 13.0 Å². The van der Waals surface area contributed by atoms with Crippen LogP contribution in [0.4, 0.5) is 0 Å². The van der Waals surface area contributed by atoms with E-state index in [1.807, 2.05) is 18.2 Å². The van der Waals surface area contributed by atoms with Crippen molar-refractivity contribution in [3.63, 3.8) is 0 Å². The van der Waals surface area contributed by atoms with Gasteiger partial charge in [0.05, 0.1) is 5.92 Å². The van der Waals surface area contributed by atoms with E-state index in [4.69, 9.17) is 5.11 Å². The summed E-state index contributed by atoms with van der Waals surface area (Å²) >= 11 is 1.73. The maximum absolute atomic E-state index is 12.1. The Hall–Kier alpha value is -1.49. The number of carbonyl (C=O) groups is 2.